The highest BCUT2D eigenvalue weighted by Gasteiger charge is 2.23. The van der Waals surface area contributed by atoms with Crippen LogP contribution in [0.4, 0.5) is 35.3 Å². The summed E-state index contributed by atoms with van der Waals surface area (Å²) in [4.78, 5) is 74.1. The van der Waals surface area contributed by atoms with Gasteiger partial charge in [-0.15, -0.1) is 0 Å². The quantitative estimate of drug-likeness (QED) is 0.0197. The van der Waals surface area contributed by atoms with Gasteiger partial charge in [0.2, 0.25) is 17.8 Å². The molecule has 6 heterocycles. The number of hydrogen-bond acceptors (Lipinski definition) is 18. The van der Waals surface area contributed by atoms with Crippen LogP contribution in [-0.2, 0) is 47.1 Å². The van der Waals surface area contributed by atoms with E-state index in [4.69, 9.17) is 10.1 Å². The van der Waals surface area contributed by atoms with Crippen molar-refractivity contribution in [1.29, 1.82) is 0 Å². The van der Waals surface area contributed by atoms with E-state index in [2.05, 4.69) is 134 Å². The SMILES string of the molecule is CCCCCCNc1nc(NCc2ccc(C3CCCCC3)cc2)nc2c1ncn2CC(=O)O.CCCCCNc1nc(NC(C)C)c2ncn(CC(=O)O)c2n1.O=C(O)Cn1cnc2c(NC3CCCC3)nc(NCc3ccc(C4CCCCC4)cc3)nc21. The highest BCUT2D eigenvalue weighted by molar-refractivity contribution is 5.87. The Kier molecular flexibility index (Phi) is 24.3. The van der Waals surface area contributed by atoms with Gasteiger partial charge in [0.25, 0.3) is 0 Å². The summed E-state index contributed by atoms with van der Waals surface area (Å²) in [6, 6.07) is 18.3. The zero-order valence-electron chi connectivity index (χ0n) is 52.9. The second-order valence-corrected chi connectivity index (χ2v) is 24.4. The number of imidazole rings is 3. The Balaban J connectivity index is 0.000000163. The molecule has 0 amide bonds. The van der Waals surface area contributed by atoms with Crippen LogP contribution in [0.25, 0.3) is 33.5 Å². The summed E-state index contributed by atoms with van der Waals surface area (Å²) in [7, 11) is 0. The molecule has 0 atom stereocenters. The molecular weight excluding hydrogens is 1140 g/mol. The molecule has 6 aromatic heterocycles. The van der Waals surface area contributed by atoms with Gasteiger partial charge in [-0.3, -0.25) is 14.4 Å². The number of carbonyl (C=O) groups is 3. The molecule has 3 saturated carbocycles. The zero-order chi connectivity index (χ0) is 63.2. The molecule has 0 aliphatic heterocycles. The van der Waals surface area contributed by atoms with Crippen molar-refractivity contribution in [2.24, 2.45) is 0 Å². The maximum absolute atomic E-state index is 11.3. The van der Waals surface area contributed by atoms with Gasteiger partial charge in [0.15, 0.2) is 50.9 Å². The van der Waals surface area contributed by atoms with Crippen molar-refractivity contribution < 1.29 is 29.7 Å². The second-order valence-electron chi connectivity index (χ2n) is 24.4. The molecule has 24 heteroatoms. The van der Waals surface area contributed by atoms with Gasteiger partial charge >= 0.3 is 17.9 Å². The van der Waals surface area contributed by atoms with Crippen LogP contribution in [0.1, 0.15) is 197 Å². The van der Waals surface area contributed by atoms with Crippen molar-refractivity contribution in [3.8, 4) is 0 Å². The first-order chi connectivity index (χ1) is 43.8. The highest BCUT2D eigenvalue weighted by atomic mass is 16.4. The Labute approximate surface area is 526 Å². The fraction of sp³-hybridized carbons (Fsp3) is 0.545. The number of carboxylic acids is 3. The lowest BCUT2D eigenvalue weighted by Crippen LogP contribution is -2.17. The minimum atomic E-state index is -0.932. The number of rotatable bonds is 29. The Morgan fingerprint density at radius 1 is 0.467 bits per heavy atom. The predicted octanol–water partition coefficient (Wildman–Crippen LogP) is 12.8. The molecular formula is C66H92N18O6. The van der Waals surface area contributed by atoms with Crippen LogP contribution >= 0.6 is 0 Å². The molecule has 0 spiro atoms. The molecule has 0 saturated heterocycles. The molecule has 11 rings (SSSR count). The Bertz CT molecular complexity index is 3570. The summed E-state index contributed by atoms with van der Waals surface area (Å²) in [5.41, 5.74) is 8.57. The fourth-order valence-corrected chi connectivity index (χ4v) is 12.1. The summed E-state index contributed by atoms with van der Waals surface area (Å²) in [5, 5.41) is 47.5. The van der Waals surface area contributed by atoms with E-state index in [9.17, 15) is 24.6 Å². The van der Waals surface area contributed by atoms with Crippen LogP contribution in [0, 0.1) is 0 Å². The Hall–Kier alpha value is -8.70. The van der Waals surface area contributed by atoms with Gasteiger partial charge in [0.05, 0.1) is 19.0 Å². The normalized spacial score (nSPS) is 14.7. The summed E-state index contributed by atoms with van der Waals surface area (Å²) in [5.74, 6) is 1.97. The molecule has 2 aromatic carbocycles. The molecule has 3 aliphatic carbocycles. The van der Waals surface area contributed by atoms with Crippen molar-refractivity contribution in [3.05, 3.63) is 89.8 Å². The van der Waals surface area contributed by atoms with Crippen molar-refractivity contribution in [1.82, 2.24) is 58.6 Å². The molecule has 3 fully saturated rings. The summed E-state index contributed by atoms with van der Waals surface area (Å²) >= 11 is 0. The smallest absolute Gasteiger partial charge is 0.323 e. The molecule has 8 aromatic rings. The van der Waals surface area contributed by atoms with E-state index < -0.39 is 17.9 Å². The van der Waals surface area contributed by atoms with Crippen LogP contribution in [-0.4, -0.2) is 117 Å². The molecule has 9 N–H and O–H groups in total. The summed E-state index contributed by atoms with van der Waals surface area (Å²) in [6.07, 6.45) is 30.4. The van der Waals surface area contributed by atoms with E-state index in [1.807, 2.05) is 13.8 Å². The van der Waals surface area contributed by atoms with Gasteiger partial charge in [-0.25, -0.2) is 15.0 Å². The average Bonchev–Trinajstić information content (AvgIpc) is 1.68. The lowest BCUT2D eigenvalue weighted by atomic mass is 9.84. The van der Waals surface area contributed by atoms with Crippen LogP contribution in [0.5, 0.6) is 0 Å². The third-order valence-electron chi connectivity index (χ3n) is 16.8. The zero-order valence-corrected chi connectivity index (χ0v) is 52.9. The number of anilines is 6. The first kappa shape index (κ1) is 65.7. The van der Waals surface area contributed by atoms with E-state index in [-0.39, 0.29) is 25.7 Å². The van der Waals surface area contributed by atoms with E-state index in [0.29, 0.717) is 99.8 Å². The summed E-state index contributed by atoms with van der Waals surface area (Å²) in [6.45, 7) is 10.6. The molecule has 482 valence electrons. The van der Waals surface area contributed by atoms with E-state index in [0.717, 1.165) is 63.6 Å². The monoisotopic (exact) mass is 1230 g/mol. The maximum atomic E-state index is 11.3. The molecule has 0 bridgehead atoms. The van der Waals surface area contributed by atoms with Crippen LogP contribution in [0.2, 0.25) is 0 Å². The minimum absolute atomic E-state index is 0.177. The number of aromatic nitrogens is 12. The maximum Gasteiger partial charge on any atom is 0.323 e. The van der Waals surface area contributed by atoms with E-state index in [1.54, 1.807) is 9.13 Å². The summed E-state index contributed by atoms with van der Waals surface area (Å²) < 4.78 is 4.62. The third-order valence-corrected chi connectivity index (χ3v) is 16.8. The molecule has 3 aliphatic rings. The van der Waals surface area contributed by atoms with Gasteiger partial charge in [-0.1, -0.05) is 146 Å². The van der Waals surface area contributed by atoms with Crippen molar-refractivity contribution >= 4 is 86.7 Å². The van der Waals surface area contributed by atoms with Crippen molar-refractivity contribution in [2.75, 3.05) is 45.0 Å². The lowest BCUT2D eigenvalue weighted by Gasteiger charge is -2.22. The van der Waals surface area contributed by atoms with Crippen LogP contribution in [0.3, 0.4) is 0 Å². The standard InChI is InChI=1S/C26H36N6O2.C25H32N6O2.C15H24N6O2/c1-2-3-4-8-15-27-24-23-25(32(18-29-23)17-22(33)34)31-26(30-24)28-16-19-11-13-21(14-12-19)20-9-6-5-7-10-20;32-21(33)15-31-16-27-22-23(28-20-8-4-5-9-20)29-25(30-24(22)31)26-14-17-10-12-19(13-11-17)18-6-2-1-3-7-18;1-4-5-6-7-16-15-19-13(18-10(2)3)12-14(20-15)21(9-17-12)8-11(22)23/h11-14,18,20H,2-10,15-17H2,1H3,(H,33,34)(H2,27,28,30,31);10-13,16,18,20H,1-9,14-15H2,(H,32,33)(H2,26,28,29,30);9-10H,4-8H2,1-3H3,(H,22,23)(H2,16,18,19,20). The molecule has 0 radical (unpaired) electrons. The largest absolute Gasteiger partial charge is 0.480 e. The molecule has 24 nitrogen and oxygen atoms in total. The van der Waals surface area contributed by atoms with Gasteiger partial charge in [-0.2, -0.15) is 29.9 Å². The highest BCUT2D eigenvalue weighted by Crippen LogP contribution is 2.35. The first-order valence-electron chi connectivity index (χ1n) is 32.8. The van der Waals surface area contributed by atoms with Crippen LogP contribution in [0.15, 0.2) is 67.5 Å². The fourth-order valence-electron chi connectivity index (χ4n) is 12.1. The molecule has 90 heavy (non-hydrogen) atoms. The van der Waals surface area contributed by atoms with Gasteiger partial charge in [0.1, 0.15) is 19.6 Å². The number of fused-ring (bicyclic) bond motifs is 3. The van der Waals surface area contributed by atoms with E-state index >= 15 is 0 Å². The van der Waals surface area contributed by atoms with Crippen LogP contribution < -0.4 is 31.9 Å². The minimum Gasteiger partial charge on any atom is -0.480 e. The number of nitrogens with zero attached hydrogens (tertiary/aromatic N) is 12. The second kappa shape index (κ2) is 33.2. The van der Waals surface area contributed by atoms with Gasteiger partial charge in [-0.05, 0) is 99.3 Å². The van der Waals surface area contributed by atoms with Crippen molar-refractivity contribution in [2.45, 2.75) is 219 Å². The number of aliphatic carboxylic acids is 3. The Morgan fingerprint density at radius 2 is 0.856 bits per heavy atom. The number of nitrogens with one attached hydrogen (secondary N) is 6. The molecule has 0 unspecified atom stereocenters. The number of unbranched alkanes of at least 4 members (excludes halogenated alkanes) is 5. The van der Waals surface area contributed by atoms with Gasteiger partial charge in [0, 0.05) is 38.3 Å². The van der Waals surface area contributed by atoms with Crippen molar-refractivity contribution in [3.63, 3.8) is 0 Å². The number of benzene rings is 2. The predicted molar refractivity (Wildman–Crippen MR) is 353 cm³/mol. The third kappa shape index (κ3) is 18.9. The lowest BCUT2D eigenvalue weighted by molar-refractivity contribution is -0.138. The average molecular weight is 1230 g/mol. The number of hydrogen-bond donors (Lipinski definition) is 9. The van der Waals surface area contributed by atoms with E-state index in [1.165, 1.54) is 130 Å². The van der Waals surface area contributed by atoms with Gasteiger partial charge < -0.3 is 60.9 Å². The number of carboxylic acid groups (broad SMARTS) is 3. The first-order valence-corrected chi connectivity index (χ1v) is 32.8. The topological polar surface area (TPSA) is 315 Å². The Morgan fingerprint density at radius 3 is 1.31 bits per heavy atom.